The van der Waals surface area contributed by atoms with Gasteiger partial charge in [-0.2, -0.15) is 15.0 Å². The highest BCUT2D eigenvalue weighted by atomic mass is 35.5. The fraction of sp³-hybridized carbons (Fsp3) is 0.136. The zero-order chi connectivity index (χ0) is 19.2. The second-order valence-electron chi connectivity index (χ2n) is 6.48. The van der Waals surface area contributed by atoms with Crippen molar-refractivity contribution in [3.05, 3.63) is 101 Å². The van der Waals surface area contributed by atoms with E-state index in [4.69, 9.17) is 21.8 Å². The van der Waals surface area contributed by atoms with Gasteiger partial charge in [-0.1, -0.05) is 54.1 Å². The summed E-state index contributed by atoms with van der Waals surface area (Å²) in [5.74, 6) is 0. The van der Waals surface area contributed by atoms with Gasteiger partial charge in [0, 0.05) is 36.1 Å². The summed E-state index contributed by atoms with van der Waals surface area (Å²) in [7, 11) is 0. The Hall–Kier alpha value is -3.02. The van der Waals surface area contributed by atoms with E-state index in [0.29, 0.717) is 13.1 Å². The Balaban J connectivity index is 1.54. The summed E-state index contributed by atoms with van der Waals surface area (Å²) in [6.07, 6.45) is 3.60. The lowest BCUT2D eigenvalue weighted by atomic mass is 10.1. The van der Waals surface area contributed by atoms with Crippen LogP contribution in [-0.4, -0.2) is 20.0 Å². The number of pyridine rings is 1. The molecule has 0 fully saturated rings. The van der Waals surface area contributed by atoms with Gasteiger partial charge in [0.15, 0.2) is 0 Å². The van der Waals surface area contributed by atoms with Crippen molar-refractivity contribution in [3.63, 3.8) is 0 Å². The second-order valence-corrected chi connectivity index (χ2v) is 6.91. The number of hydrogen-bond donors (Lipinski definition) is 1. The molecule has 0 bridgehead atoms. The quantitative estimate of drug-likeness (QED) is 0.511. The number of aromatic nitrogens is 4. The van der Waals surface area contributed by atoms with E-state index >= 15 is 0 Å². The molecule has 6 heteroatoms. The topological polar surface area (TPSA) is 55.6 Å². The van der Waals surface area contributed by atoms with Crippen LogP contribution >= 0.6 is 11.6 Å². The summed E-state index contributed by atoms with van der Waals surface area (Å²) in [4.78, 5) is 5.80. The Kier molecular flexibility index (Phi) is 5.75. The van der Waals surface area contributed by atoms with Crippen LogP contribution in [0.4, 0.5) is 0 Å². The fourth-order valence-corrected chi connectivity index (χ4v) is 3.10. The summed E-state index contributed by atoms with van der Waals surface area (Å²) in [5, 5.41) is 13.7. The lowest BCUT2D eigenvalue weighted by molar-refractivity contribution is 0.576. The highest BCUT2D eigenvalue weighted by Gasteiger charge is 2.13. The summed E-state index contributed by atoms with van der Waals surface area (Å²) in [6.45, 7) is 1.98. The van der Waals surface area contributed by atoms with Gasteiger partial charge in [-0.25, -0.2) is 0 Å². The minimum absolute atomic E-state index is 0.599. The number of halogens is 1. The molecule has 4 rings (SSSR count). The SMILES string of the molecule is Clc1ccc(Cn2nc(CNCc3ccncc3)c(-c3ccccc3)n2)cc1. The van der Waals surface area contributed by atoms with Crippen molar-refractivity contribution in [1.29, 1.82) is 0 Å². The molecule has 0 saturated heterocycles. The van der Waals surface area contributed by atoms with E-state index in [0.717, 1.165) is 34.1 Å². The lowest BCUT2D eigenvalue weighted by Crippen LogP contribution is -2.14. The van der Waals surface area contributed by atoms with Crippen LogP contribution in [0.3, 0.4) is 0 Å². The molecule has 0 aliphatic carbocycles. The van der Waals surface area contributed by atoms with Crippen LogP contribution in [0.15, 0.2) is 79.1 Å². The normalized spacial score (nSPS) is 10.9. The maximum atomic E-state index is 5.98. The van der Waals surface area contributed by atoms with E-state index in [1.54, 1.807) is 17.2 Å². The Morgan fingerprint density at radius 2 is 1.54 bits per heavy atom. The molecule has 2 heterocycles. The highest BCUT2D eigenvalue weighted by Crippen LogP contribution is 2.20. The van der Waals surface area contributed by atoms with Gasteiger partial charge in [0.05, 0.1) is 6.54 Å². The molecule has 0 radical (unpaired) electrons. The summed E-state index contributed by atoms with van der Waals surface area (Å²) < 4.78 is 0. The number of nitrogens with zero attached hydrogens (tertiary/aromatic N) is 4. The first kappa shape index (κ1) is 18.3. The predicted molar refractivity (Wildman–Crippen MR) is 111 cm³/mol. The van der Waals surface area contributed by atoms with E-state index in [9.17, 15) is 0 Å². The molecule has 0 spiro atoms. The van der Waals surface area contributed by atoms with Gasteiger partial charge in [-0.15, -0.1) is 0 Å². The molecule has 0 saturated carbocycles. The molecule has 0 unspecified atom stereocenters. The molecule has 5 nitrogen and oxygen atoms in total. The molecular formula is C22H20ClN5. The molecule has 2 aromatic heterocycles. The van der Waals surface area contributed by atoms with Gasteiger partial charge < -0.3 is 5.32 Å². The third-order valence-electron chi connectivity index (χ3n) is 4.38. The second kappa shape index (κ2) is 8.78. The molecule has 0 atom stereocenters. The van der Waals surface area contributed by atoms with E-state index in [1.165, 1.54) is 5.56 Å². The van der Waals surface area contributed by atoms with Crippen LogP contribution in [0.2, 0.25) is 5.02 Å². The standard InChI is InChI=1S/C22H20ClN5/c23-20-8-6-18(7-9-20)16-28-26-21(15-25-14-17-10-12-24-13-11-17)22(27-28)19-4-2-1-3-5-19/h1-13,25H,14-16H2. The molecule has 28 heavy (non-hydrogen) atoms. The average Bonchev–Trinajstić information content (AvgIpc) is 3.14. The molecule has 2 aromatic carbocycles. The zero-order valence-corrected chi connectivity index (χ0v) is 16.0. The number of hydrogen-bond acceptors (Lipinski definition) is 4. The predicted octanol–water partition coefficient (Wildman–Crippen LogP) is 4.33. The van der Waals surface area contributed by atoms with Crippen molar-refractivity contribution in [2.24, 2.45) is 0 Å². The van der Waals surface area contributed by atoms with Crippen LogP contribution < -0.4 is 5.32 Å². The minimum atomic E-state index is 0.599. The van der Waals surface area contributed by atoms with E-state index in [2.05, 4.69) is 22.4 Å². The first-order valence-corrected chi connectivity index (χ1v) is 9.49. The molecule has 0 aliphatic heterocycles. The van der Waals surface area contributed by atoms with Crippen LogP contribution in [0, 0.1) is 0 Å². The van der Waals surface area contributed by atoms with Gasteiger partial charge >= 0.3 is 0 Å². The Morgan fingerprint density at radius 1 is 0.786 bits per heavy atom. The van der Waals surface area contributed by atoms with Crippen molar-refractivity contribution in [2.75, 3.05) is 0 Å². The number of rotatable bonds is 7. The van der Waals surface area contributed by atoms with Gasteiger partial charge in [-0.05, 0) is 35.4 Å². The number of benzene rings is 2. The maximum Gasteiger partial charge on any atom is 0.117 e. The molecule has 1 N–H and O–H groups in total. The van der Waals surface area contributed by atoms with E-state index < -0.39 is 0 Å². The summed E-state index contributed by atoms with van der Waals surface area (Å²) >= 11 is 5.98. The zero-order valence-electron chi connectivity index (χ0n) is 15.3. The summed E-state index contributed by atoms with van der Waals surface area (Å²) in [6, 6.07) is 21.9. The molecular weight excluding hydrogens is 370 g/mol. The minimum Gasteiger partial charge on any atom is -0.307 e. The van der Waals surface area contributed by atoms with E-state index in [-0.39, 0.29) is 0 Å². The highest BCUT2D eigenvalue weighted by molar-refractivity contribution is 6.30. The molecule has 0 amide bonds. The van der Waals surface area contributed by atoms with Crippen molar-refractivity contribution >= 4 is 11.6 Å². The monoisotopic (exact) mass is 389 g/mol. The van der Waals surface area contributed by atoms with Crippen LogP contribution in [0.1, 0.15) is 16.8 Å². The van der Waals surface area contributed by atoms with Gasteiger partial charge in [-0.3, -0.25) is 4.98 Å². The number of nitrogens with one attached hydrogen (secondary N) is 1. The van der Waals surface area contributed by atoms with Crippen molar-refractivity contribution in [3.8, 4) is 11.3 Å². The Morgan fingerprint density at radius 3 is 2.29 bits per heavy atom. The largest absolute Gasteiger partial charge is 0.307 e. The molecule has 0 aliphatic rings. The third kappa shape index (κ3) is 4.63. The van der Waals surface area contributed by atoms with Gasteiger partial charge in [0.2, 0.25) is 0 Å². The maximum absolute atomic E-state index is 5.98. The van der Waals surface area contributed by atoms with Crippen molar-refractivity contribution in [2.45, 2.75) is 19.6 Å². The van der Waals surface area contributed by atoms with Crippen molar-refractivity contribution < 1.29 is 0 Å². The van der Waals surface area contributed by atoms with Crippen molar-refractivity contribution in [1.82, 2.24) is 25.3 Å². The van der Waals surface area contributed by atoms with Crippen LogP contribution in [-0.2, 0) is 19.6 Å². The Bertz CT molecular complexity index is 1010. The third-order valence-corrected chi connectivity index (χ3v) is 4.63. The lowest BCUT2D eigenvalue weighted by Gasteiger charge is -2.04. The first-order chi connectivity index (χ1) is 13.8. The molecule has 4 aromatic rings. The smallest absolute Gasteiger partial charge is 0.117 e. The molecule has 140 valence electrons. The average molecular weight is 390 g/mol. The van der Waals surface area contributed by atoms with Crippen LogP contribution in [0.25, 0.3) is 11.3 Å². The first-order valence-electron chi connectivity index (χ1n) is 9.11. The Labute approximate surface area is 169 Å². The fourth-order valence-electron chi connectivity index (χ4n) is 2.97. The van der Waals surface area contributed by atoms with E-state index in [1.807, 2.05) is 54.6 Å². The van der Waals surface area contributed by atoms with Gasteiger partial charge in [0.1, 0.15) is 11.4 Å². The van der Waals surface area contributed by atoms with Gasteiger partial charge in [0.25, 0.3) is 0 Å². The van der Waals surface area contributed by atoms with Crippen LogP contribution in [0.5, 0.6) is 0 Å². The summed E-state index contributed by atoms with van der Waals surface area (Å²) in [5.41, 5.74) is 5.18.